The molecular weight excluding hydrogens is 406 g/mol. The number of hydrogen-bond donors (Lipinski definition) is 1. The quantitative estimate of drug-likeness (QED) is 0.605. The summed E-state index contributed by atoms with van der Waals surface area (Å²) in [5.74, 6) is -0.599. The summed E-state index contributed by atoms with van der Waals surface area (Å²) < 4.78 is 51.6. The molecule has 1 aromatic rings. The summed E-state index contributed by atoms with van der Waals surface area (Å²) in [5.41, 5.74) is 0.666. The van der Waals surface area contributed by atoms with E-state index in [0.717, 1.165) is 0 Å². The second-order valence-corrected chi connectivity index (χ2v) is 5.64. The van der Waals surface area contributed by atoms with Gasteiger partial charge in [0.1, 0.15) is 0 Å². The van der Waals surface area contributed by atoms with Gasteiger partial charge in [0, 0.05) is 6.54 Å². The fourth-order valence-corrected chi connectivity index (χ4v) is 2.31. The van der Waals surface area contributed by atoms with Gasteiger partial charge in [-0.2, -0.15) is 13.2 Å². The van der Waals surface area contributed by atoms with E-state index in [1.807, 2.05) is 27.9 Å². The average molecular weight is 417 g/mol. The minimum atomic E-state index is -4.89. The summed E-state index contributed by atoms with van der Waals surface area (Å²) in [5, 5.41) is 1.84. The third-order valence-electron chi connectivity index (χ3n) is 2.74. The molecule has 2 rings (SSSR count). The molecule has 0 aromatic heterocycles. The highest BCUT2D eigenvalue weighted by Crippen LogP contribution is 2.44. The molecule has 1 aliphatic rings. The summed E-state index contributed by atoms with van der Waals surface area (Å²) in [6.07, 6.45) is -4.89. The summed E-state index contributed by atoms with van der Waals surface area (Å²) >= 11 is 1.93. The van der Waals surface area contributed by atoms with Gasteiger partial charge in [0.15, 0.2) is 11.5 Å². The minimum absolute atomic E-state index is 0.0614. The molecule has 0 saturated carbocycles. The van der Waals surface area contributed by atoms with Gasteiger partial charge in [-0.25, -0.2) is 0 Å². The van der Waals surface area contributed by atoms with E-state index in [-0.39, 0.29) is 17.3 Å². The van der Waals surface area contributed by atoms with Crippen molar-refractivity contribution in [1.29, 1.82) is 0 Å². The topological polar surface area (TPSA) is 56.8 Å². The van der Waals surface area contributed by atoms with Crippen LogP contribution < -0.4 is 19.5 Å². The van der Waals surface area contributed by atoms with Crippen molar-refractivity contribution in [2.45, 2.75) is 10.1 Å². The molecule has 9 heteroatoms. The number of methoxy groups -OCH3 is 1. The highest BCUT2D eigenvalue weighted by molar-refractivity contribution is 14.1. The second-order valence-electron chi connectivity index (χ2n) is 4.13. The van der Waals surface area contributed by atoms with Crippen LogP contribution in [0.3, 0.4) is 0 Å². The number of rotatable bonds is 4. The Labute approximate surface area is 131 Å². The van der Waals surface area contributed by atoms with Crippen LogP contribution >= 0.6 is 22.6 Å². The van der Waals surface area contributed by atoms with E-state index in [9.17, 15) is 18.0 Å². The number of carbonyl (C=O) groups excluding carboxylic acids is 1. The molecule has 1 N–H and O–H groups in total. The van der Waals surface area contributed by atoms with Crippen LogP contribution in [0.1, 0.15) is 9.49 Å². The third-order valence-corrected chi connectivity index (χ3v) is 3.90. The first-order valence-electron chi connectivity index (χ1n) is 5.79. The van der Waals surface area contributed by atoms with E-state index in [0.29, 0.717) is 22.8 Å². The fourth-order valence-electron chi connectivity index (χ4n) is 1.73. The van der Waals surface area contributed by atoms with Crippen molar-refractivity contribution in [3.05, 3.63) is 17.7 Å². The minimum Gasteiger partial charge on any atom is -0.493 e. The highest BCUT2D eigenvalue weighted by Gasteiger charge is 2.38. The molecule has 1 aromatic carbocycles. The molecule has 0 spiro atoms. The van der Waals surface area contributed by atoms with Gasteiger partial charge in [-0.15, -0.1) is 0 Å². The lowest BCUT2D eigenvalue weighted by Gasteiger charge is -2.15. The Morgan fingerprint density at radius 2 is 2.19 bits per heavy atom. The first kappa shape index (κ1) is 16.0. The molecule has 0 aliphatic carbocycles. The normalized spacial score (nSPS) is 14.7. The number of benzene rings is 1. The zero-order valence-corrected chi connectivity index (χ0v) is 12.9. The smallest absolute Gasteiger partial charge is 0.471 e. The van der Waals surface area contributed by atoms with Gasteiger partial charge >= 0.3 is 12.1 Å². The van der Waals surface area contributed by atoms with Gasteiger partial charge < -0.3 is 19.5 Å². The highest BCUT2D eigenvalue weighted by atomic mass is 127. The van der Waals surface area contributed by atoms with Crippen LogP contribution in [0.2, 0.25) is 0 Å². The third kappa shape index (κ3) is 3.63. The van der Waals surface area contributed by atoms with E-state index < -0.39 is 12.1 Å². The number of amides is 1. The summed E-state index contributed by atoms with van der Waals surface area (Å²) in [6, 6.07) is 3.30. The van der Waals surface area contributed by atoms with Crippen molar-refractivity contribution in [2.75, 3.05) is 20.4 Å². The van der Waals surface area contributed by atoms with Crippen molar-refractivity contribution in [1.82, 2.24) is 5.32 Å². The predicted molar refractivity (Wildman–Crippen MR) is 74.9 cm³/mol. The van der Waals surface area contributed by atoms with E-state index in [2.05, 4.69) is 0 Å². The molecule has 21 heavy (non-hydrogen) atoms. The van der Waals surface area contributed by atoms with Crippen LogP contribution in [0.4, 0.5) is 13.2 Å². The molecule has 5 nitrogen and oxygen atoms in total. The lowest BCUT2D eigenvalue weighted by atomic mass is 10.1. The van der Waals surface area contributed by atoms with Gasteiger partial charge in [0.2, 0.25) is 12.5 Å². The zero-order valence-electron chi connectivity index (χ0n) is 10.8. The van der Waals surface area contributed by atoms with E-state index in [1.54, 1.807) is 12.1 Å². The second kappa shape index (κ2) is 6.16. The number of nitrogens with one attached hydrogen (secondary N) is 1. The van der Waals surface area contributed by atoms with E-state index in [1.165, 1.54) is 7.11 Å². The zero-order chi connectivity index (χ0) is 15.6. The number of alkyl halides is 4. The molecular formula is C12H11F3INO4. The Balaban J connectivity index is 2.10. The Morgan fingerprint density at radius 3 is 2.81 bits per heavy atom. The molecule has 116 valence electrons. The van der Waals surface area contributed by atoms with Crippen molar-refractivity contribution < 1.29 is 32.2 Å². The molecule has 0 fully saturated rings. The van der Waals surface area contributed by atoms with Crippen LogP contribution in [0.25, 0.3) is 0 Å². The van der Waals surface area contributed by atoms with E-state index >= 15 is 0 Å². The summed E-state index contributed by atoms with van der Waals surface area (Å²) in [4.78, 5) is 10.8. The molecule has 1 atom stereocenters. The lowest BCUT2D eigenvalue weighted by molar-refractivity contribution is -0.173. The van der Waals surface area contributed by atoms with Gasteiger partial charge in [0.25, 0.3) is 0 Å². The molecule has 1 amide bonds. The average Bonchev–Trinajstić information content (AvgIpc) is 2.90. The summed E-state index contributed by atoms with van der Waals surface area (Å²) in [6.45, 7) is -0.104. The number of hydrogen-bond acceptors (Lipinski definition) is 4. The van der Waals surface area contributed by atoms with Gasteiger partial charge in [0.05, 0.1) is 11.0 Å². The SMILES string of the molecule is COc1cc(C(I)CNC(=O)C(F)(F)F)cc2c1OCO2. The standard InChI is InChI=1S/C12H11F3INO4/c1-19-8-2-6(3-9-10(8)21-5-20-9)7(16)4-17-11(18)12(13,14)15/h2-3,7H,4-5H2,1H3,(H,17,18). The maximum absolute atomic E-state index is 12.1. The van der Waals surface area contributed by atoms with Crippen molar-refractivity contribution in [3.8, 4) is 17.2 Å². The Kier molecular flexibility index (Phi) is 4.69. The number of ether oxygens (including phenoxy) is 3. The predicted octanol–water partition coefficient (Wildman–Crippen LogP) is 2.58. The molecule has 0 saturated heterocycles. The van der Waals surface area contributed by atoms with Gasteiger partial charge in [-0.3, -0.25) is 4.79 Å². The largest absolute Gasteiger partial charge is 0.493 e. The molecule has 0 bridgehead atoms. The van der Waals surface area contributed by atoms with Crippen LogP contribution in [0.15, 0.2) is 12.1 Å². The van der Waals surface area contributed by atoms with Crippen molar-refractivity contribution in [3.63, 3.8) is 0 Å². The monoisotopic (exact) mass is 417 g/mol. The van der Waals surface area contributed by atoms with E-state index in [4.69, 9.17) is 14.2 Å². The number of halogens is 4. The lowest BCUT2D eigenvalue weighted by Crippen LogP contribution is -2.38. The Hall–Kier alpha value is -1.39. The maximum Gasteiger partial charge on any atom is 0.471 e. The first-order chi connectivity index (χ1) is 9.82. The number of fused-ring (bicyclic) bond motifs is 1. The Morgan fingerprint density at radius 1 is 1.48 bits per heavy atom. The van der Waals surface area contributed by atoms with Gasteiger partial charge in [-0.05, 0) is 17.7 Å². The van der Waals surface area contributed by atoms with Gasteiger partial charge in [-0.1, -0.05) is 22.6 Å². The molecule has 0 radical (unpaired) electrons. The molecule has 1 heterocycles. The summed E-state index contributed by atoms with van der Waals surface area (Å²) in [7, 11) is 1.45. The van der Waals surface area contributed by atoms with Crippen LogP contribution in [0.5, 0.6) is 17.2 Å². The first-order valence-corrected chi connectivity index (χ1v) is 7.04. The van der Waals surface area contributed by atoms with Crippen LogP contribution in [-0.4, -0.2) is 32.5 Å². The molecule has 1 aliphatic heterocycles. The van der Waals surface area contributed by atoms with Crippen molar-refractivity contribution >= 4 is 28.5 Å². The van der Waals surface area contributed by atoms with Crippen LogP contribution in [0, 0.1) is 0 Å². The maximum atomic E-state index is 12.1. The van der Waals surface area contributed by atoms with Crippen LogP contribution in [-0.2, 0) is 4.79 Å². The fraction of sp³-hybridized carbons (Fsp3) is 0.417. The Bertz CT molecular complexity index is 550. The number of carbonyl (C=O) groups is 1. The molecule has 1 unspecified atom stereocenters. The van der Waals surface area contributed by atoms with Crippen molar-refractivity contribution in [2.24, 2.45) is 0 Å².